The van der Waals surface area contributed by atoms with Crippen molar-refractivity contribution in [3.05, 3.63) is 0 Å². The number of hydrogen-bond acceptors (Lipinski definition) is 4. The summed E-state index contributed by atoms with van der Waals surface area (Å²) >= 11 is 0. The second-order valence-electron chi connectivity index (χ2n) is 4.17. The Morgan fingerprint density at radius 2 is 1.86 bits per heavy atom. The molecule has 0 aliphatic carbocycles. The summed E-state index contributed by atoms with van der Waals surface area (Å²) in [5, 5.41) is 0. The van der Waals surface area contributed by atoms with E-state index in [1.807, 2.05) is 0 Å². The van der Waals surface area contributed by atoms with Crippen LogP contribution in [0.5, 0.6) is 0 Å². The largest absolute Gasteiger partial charge is 0.468 e. The van der Waals surface area contributed by atoms with Crippen LogP contribution in [0.25, 0.3) is 0 Å². The molecular formula is C10H21N3O. The predicted molar refractivity (Wildman–Crippen MR) is 58.1 cm³/mol. The van der Waals surface area contributed by atoms with Gasteiger partial charge in [-0.1, -0.05) is 0 Å². The fourth-order valence-electron chi connectivity index (χ4n) is 1.44. The Hall–Kier alpha value is -0.770. The molecule has 0 atom stereocenters. The van der Waals surface area contributed by atoms with Gasteiger partial charge in [0.1, 0.15) is 0 Å². The lowest BCUT2D eigenvalue weighted by atomic mass is 10.3. The SMILES string of the molecule is COC1=NCN(C(C)C)CN1C(C)C. The topological polar surface area (TPSA) is 28.1 Å². The van der Waals surface area contributed by atoms with Crippen LogP contribution in [-0.2, 0) is 4.74 Å². The summed E-state index contributed by atoms with van der Waals surface area (Å²) in [6, 6.07) is 1.71. The molecule has 0 aromatic carbocycles. The minimum absolute atomic E-state index is 0.426. The van der Waals surface area contributed by atoms with Crippen LogP contribution in [-0.4, -0.2) is 48.4 Å². The minimum Gasteiger partial charge on any atom is -0.468 e. The third-order valence-electron chi connectivity index (χ3n) is 2.50. The first-order chi connectivity index (χ1) is 6.56. The van der Waals surface area contributed by atoms with E-state index in [1.165, 1.54) is 0 Å². The number of aliphatic imine (C=N–C) groups is 1. The zero-order chi connectivity index (χ0) is 10.7. The summed E-state index contributed by atoms with van der Waals surface area (Å²) in [7, 11) is 1.68. The van der Waals surface area contributed by atoms with Crippen LogP contribution in [0.1, 0.15) is 27.7 Å². The van der Waals surface area contributed by atoms with Gasteiger partial charge in [-0.2, -0.15) is 0 Å². The lowest BCUT2D eigenvalue weighted by molar-refractivity contribution is 0.0943. The van der Waals surface area contributed by atoms with Crippen molar-refractivity contribution in [2.24, 2.45) is 4.99 Å². The smallest absolute Gasteiger partial charge is 0.289 e. The van der Waals surface area contributed by atoms with Gasteiger partial charge in [0.25, 0.3) is 6.02 Å². The van der Waals surface area contributed by atoms with Gasteiger partial charge in [0.2, 0.25) is 0 Å². The lowest BCUT2D eigenvalue weighted by Gasteiger charge is -2.38. The van der Waals surface area contributed by atoms with Gasteiger partial charge >= 0.3 is 0 Å². The summed E-state index contributed by atoms with van der Waals surface area (Å²) in [4.78, 5) is 8.88. The van der Waals surface area contributed by atoms with E-state index in [-0.39, 0.29) is 0 Å². The van der Waals surface area contributed by atoms with Gasteiger partial charge in [0.15, 0.2) is 0 Å². The molecule has 4 nitrogen and oxygen atoms in total. The van der Waals surface area contributed by atoms with Crippen LogP contribution in [0, 0.1) is 0 Å². The van der Waals surface area contributed by atoms with E-state index in [2.05, 4.69) is 42.5 Å². The highest BCUT2D eigenvalue weighted by atomic mass is 16.5. The molecule has 0 radical (unpaired) electrons. The molecule has 0 saturated heterocycles. The van der Waals surface area contributed by atoms with Crippen LogP contribution in [0.2, 0.25) is 0 Å². The number of methoxy groups -OCH3 is 1. The van der Waals surface area contributed by atoms with Crippen LogP contribution >= 0.6 is 0 Å². The Bertz CT molecular complexity index is 213. The molecule has 0 aromatic heterocycles. The molecule has 0 unspecified atom stereocenters. The molecule has 0 amide bonds. The zero-order valence-corrected chi connectivity index (χ0v) is 9.82. The van der Waals surface area contributed by atoms with Crippen molar-refractivity contribution in [2.75, 3.05) is 20.4 Å². The fourth-order valence-corrected chi connectivity index (χ4v) is 1.44. The minimum atomic E-state index is 0.426. The number of rotatable bonds is 2. The molecule has 1 aliphatic heterocycles. The van der Waals surface area contributed by atoms with Crippen molar-refractivity contribution in [1.29, 1.82) is 0 Å². The molecule has 0 saturated carbocycles. The predicted octanol–water partition coefficient (Wildman–Crippen LogP) is 1.34. The Morgan fingerprint density at radius 3 is 2.29 bits per heavy atom. The first kappa shape index (κ1) is 11.3. The summed E-state index contributed by atoms with van der Waals surface area (Å²) < 4.78 is 5.24. The quantitative estimate of drug-likeness (QED) is 0.672. The van der Waals surface area contributed by atoms with Crippen molar-refractivity contribution in [3.63, 3.8) is 0 Å². The summed E-state index contributed by atoms with van der Waals surface area (Å²) in [5.41, 5.74) is 0. The molecular weight excluding hydrogens is 178 g/mol. The molecule has 4 heteroatoms. The van der Waals surface area contributed by atoms with E-state index in [0.29, 0.717) is 12.1 Å². The van der Waals surface area contributed by atoms with Crippen molar-refractivity contribution < 1.29 is 4.74 Å². The maximum absolute atomic E-state index is 5.24. The van der Waals surface area contributed by atoms with Crippen LogP contribution in [0.3, 0.4) is 0 Å². The Kier molecular flexibility index (Phi) is 3.75. The molecule has 14 heavy (non-hydrogen) atoms. The van der Waals surface area contributed by atoms with Crippen LogP contribution in [0.15, 0.2) is 4.99 Å². The van der Waals surface area contributed by atoms with Gasteiger partial charge in [-0.15, -0.1) is 0 Å². The van der Waals surface area contributed by atoms with E-state index >= 15 is 0 Å². The van der Waals surface area contributed by atoms with E-state index in [1.54, 1.807) is 7.11 Å². The maximum atomic E-state index is 5.24. The van der Waals surface area contributed by atoms with Gasteiger partial charge in [0, 0.05) is 12.1 Å². The average molecular weight is 199 g/mol. The highest BCUT2D eigenvalue weighted by molar-refractivity contribution is 5.74. The summed E-state index contributed by atoms with van der Waals surface area (Å²) in [6.45, 7) is 10.3. The van der Waals surface area contributed by atoms with Gasteiger partial charge in [-0.05, 0) is 27.7 Å². The van der Waals surface area contributed by atoms with Gasteiger partial charge in [0.05, 0.1) is 20.4 Å². The molecule has 0 fully saturated rings. The fraction of sp³-hybridized carbons (Fsp3) is 0.900. The Balaban J connectivity index is 2.71. The second-order valence-corrected chi connectivity index (χ2v) is 4.17. The van der Waals surface area contributed by atoms with E-state index in [4.69, 9.17) is 4.74 Å². The number of amidine groups is 1. The molecule has 0 aromatic rings. The average Bonchev–Trinajstić information content (AvgIpc) is 2.16. The molecule has 1 rings (SSSR count). The Labute approximate surface area is 86.5 Å². The number of nitrogens with zero attached hydrogens (tertiary/aromatic N) is 3. The molecule has 0 N–H and O–H groups in total. The van der Waals surface area contributed by atoms with E-state index in [9.17, 15) is 0 Å². The molecule has 1 aliphatic rings. The van der Waals surface area contributed by atoms with Gasteiger partial charge in [-0.3, -0.25) is 4.90 Å². The molecule has 1 heterocycles. The number of hydrogen-bond donors (Lipinski definition) is 0. The molecule has 82 valence electrons. The van der Waals surface area contributed by atoms with Crippen molar-refractivity contribution in [3.8, 4) is 0 Å². The van der Waals surface area contributed by atoms with Gasteiger partial charge < -0.3 is 9.64 Å². The summed E-state index contributed by atoms with van der Waals surface area (Å²) in [6.07, 6.45) is 0. The molecule has 0 spiro atoms. The first-order valence-electron chi connectivity index (χ1n) is 5.15. The van der Waals surface area contributed by atoms with E-state index < -0.39 is 0 Å². The maximum Gasteiger partial charge on any atom is 0.289 e. The highest BCUT2D eigenvalue weighted by Gasteiger charge is 2.24. The lowest BCUT2D eigenvalue weighted by Crippen LogP contribution is -2.51. The standard InChI is InChI=1S/C10H21N3O/c1-8(2)12-6-11-10(14-5)13(7-12)9(3)4/h8-9H,6-7H2,1-5H3. The third-order valence-corrected chi connectivity index (χ3v) is 2.50. The monoisotopic (exact) mass is 199 g/mol. The summed E-state index contributed by atoms with van der Waals surface area (Å²) in [5.74, 6) is 0. The first-order valence-corrected chi connectivity index (χ1v) is 5.15. The third kappa shape index (κ3) is 2.38. The van der Waals surface area contributed by atoms with Crippen LogP contribution < -0.4 is 0 Å². The highest BCUT2D eigenvalue weighted by Crippen LogP contribution is 2.11. The van der Waals surface area contributed by atoms with E-state index in [0.717, 1.165) is 19.4 Å². The van der Waals surface area contributed by atoms with Crippen LogP contribution in [0.4, 0.5) is 0 Å². The van der Waals surface area contributed by atoms with Crippen molar-refractivity contribution >= 4 is 6.02 Å². The normalized spacial score (nSPS) is 19.1. The van der Waals surface area contributed by atoms with Crippen molar-refractivity contribution in [2.45, 2.75) is 39.8 Å². The zero-order valence-electron chi connectivity index (χ0n) is 9.82. The Morgan fingerprint density at radius 1 is 1.21 bits per heavy atom. The second kappa shape index (κ2) is 4.64. The van der Waals surface area contributed by atoms with Crippen molar-refractivity contribution in [1.82, 2.24) is 9.80 Å². The molecule has 0 bridgehead atoms. The number of ether oxygens (including phenoxy) is 1. The van der Waals surface area contributed by atoms with Gasteiger partial charge in [-0.25, -0.2) is 4.99 Å².